The van der Waals surface area contributed by atoms with E-state index in [1.807, 2.05) is 18.2 Å². The molecule has 2 aliphatic rings. The average Bonchev–Trinajstić information content (AvgIpc) is 3.22. The highest BCUT2D eigenvalue weighted by atomic mass is 16.7. The number of fused-ring (bicyclic) bond motifs is 2. The maximum absolute atomic E-state index is 6.00. The Hall–Kier alpha value is -2.69. The van der Waals surface area contributed by atoms with Gasteiger partial charge in [-0.05, 0) is 66.6 Å². The number of aryl methyl sites for hydroxylation is 2. The molecule has 0 aromatic heterocycles. The summed E-state index contributed by atoms with van der Waals surface area (Å²) in [6.45, 7) is 0.929. The summed E-state index contributed by atoms with van der Waals surface area (Å²) in [5.74, 6) is 2.06. The molecule has 5 heteroatoms. The summed E-state index contributed by atoms with van der Waals surface area (Å²) in [6.07, 6.45) is 4.40. The van der Waals surface area contributed by atoms with Gasteiger partial charge in [-0.2, -0.15) is 0 Å². The molecule has 0 saturated carbocycles. The van der Waals surface area contributed by atoms with Gasteiger partial charge in [0.25, 0.3) is 0 Å². The van der Waals surface area contributed by atoms with Crippen molar-refractivity contribution in [1.29, 1.82) is 0 Å². The van der Waals surface area contributed by atoms with Crippen LogP contribution in [0.5, 0.6) is 11.5 Å². The number of rotatable bonds is 4. The minimum atomic E-state index is 0.300. The van der Waals surface area contributed by atoms with Crippen LogP contribution in [0, 0.1) is 0 Å². The molecule has 0 bridgehead atoms. The Morgan fingerprint density at radius 3 is 2.88 bits per heavy atom. The van der Waals surface area contributed by atoms with Crippen molar-refractivity contribution >= 4 is 11.6 Å². The van der Waals surface area contributed by atoms with Crippen molar-refractivity contribution < 1.29 is 9.47 Å². The summed E-state index contributed by atoms with van der Waals surface area (Å²) in [6, 6.07) is 12.4. The van der Waals surface area contributed by atoms with Crippen molar-refractivity contribution in [2.24, 2.45) is 10.7 Å². The van der Waals surface area contributed by atoms with Gasteiger partial charge in [0, 0.05) is 12.2 Å². The van der Waals surface area contributed by atoms with E-state index in [0.29, 0.717) is 19.3 Å². The molecule has 1 heterocycles. The second kappa shape index (κ2) is 6.43. The van der Waals surface area contributed by atoms with E-state index in [1.165, 1.54) is 24.0 Å². The third-order valence-electron chi connectivity index (χ3n) is 4.49. The van der Waals surface area contributed by atoms with Gasteiger partial charge in [0.15, 0.2) is 17.5 Å². The summed E-state index contributed by atoms with van der Waals surface area (Å²) in [4.78, 5) is 4.41. The van der Waals surface area contributed by atoms with Crippen molar-refractivity contribution in [2.75, 3.05) is 18.7 Å². The van der Waals surface area contributed by atoms with E-state index in [0.717, 1.165) is 35.6 Å². The molecular weight excluding hydrogens is 302 g/mol. The largest absolute Gasteiger partial charge is 0.454 e. The first kappa shape index (κ1) is 14.9. The lowest BCUT2D eigenvalue weighted by molar-refractivity contribution is 0.174. The lowest BCUT2D eigenvalue weighted by atomic mass is 10.1. The van der Waals surface area contributed by atoms with E-state index in [4.69, 9.17) is 15.2 Å². The van der Waals surface area contributed by atoms with Gasteiger partial charge in [-0.25, -0.2) is 0 Å². The predicted molar refractivity (Wildman–Crippen MR) is 94.8 cm³/mol. The summed E-state index contributed by atoms with van der Waals surface area (Å²) < 4.78 is 10.7. The molecule has 0 amide bonds. The highest BCUT2D eigenvalue weighted by molar-refractivity contribution is 5.92. The minimum absolute atomic E-state index is 0.300. The Bertz CT molecular complexity index is 786. The lowest BCUT2D eigenvalue weighted by Gasteiger charge is -2.08. The van der Waals surface area contributed by atoms with Crippen molar-refractivity contribution in [3.63, 3.8) is 0 Å². The fraction of sp³-hybridized carbons (Fsp3) is 0.316. The third kappa shape index (κ3) is 3.15. The van der Waals surface area contributed by atoms with Gasteiger partial charge in [0.05, 0.1) is 0 Å². The summed E-state index contributed by atoms with van der Waals surface area (Å²) >= 11 is 0. The quantitative estimate of drug-likeness (QED) is 0.670. The van der Waals surface area contributed by atoms with E-state index >= 15 is 0 Å². The molecule has 0 unspecified atom stereocenters. The fourth-order valence-corrected chi connectivity index (χ4v) is 3.24. The van der Waals surface area contributed by atoms with Crippen LogP contribution in [0.2, 0.25) is 0 Å². The zero-order valence-corrected chi connectivity index (χ0v) is 13.5. The van der Waals surface area contributed by atoms with Crippen LogP contribution < -0.4 is 20.5 Å². The molecule has 3 N–H and O–H groups in total. The van der Waals surface area contributed by atoms with E-state index in [2.05, 4.69) is 28.5 Å². The van der Waals surface area contributed by atoms with Gasteiger partial charge >= 0.3 is 0 Å². The van der Waals surface area contributed by atoms with Gasteiger partial charge in [-0.1, -0.05) is 12.1 Å². The number of ether oxygens (including phenoxy) is 2. The highest BCUT2D eigenvalue weighted by Gasteiger charge is 2.13. The number of nitrogens with two attached hydrogens (primary N) is 1. The molecule has 124 valence electrons. The third-order valence-corrected chi connectivity index (χ3v) is 4.49. The summed E-state index contributed by atoms with van der Waals surface area (Å²) in [5, 5.41) is 3.18. The number of nitrogens with zero attached hydrogens (tertiary/aromatic N) is 1. The first-order valence-electron chi connectivity index (χ1n) is 8.35. The van der Waals surface area contributed by atoms with Crippen LogP contribution >= 0.6 is 0 Å². The van der Waals surface area contributed by atoms with Crippen molar-refractivity contribution in [3.8, 4) is 11.5 Å². The van der Waals surface area contributed by atoms with Crippen molar-refractivity contribution in [1.82, 2.24) is 0 Å². The molecule has 4 rings (SSSR count). The molecular formula is C19H21N3O2. The molecule has 24 heavy (non-hydrogen) atoms. The monoisotopic (exact) mass is 323 g/mol. The molecule has 0 saturated heterocycles. The molecule has 2 aromatic carbocycles. The zero-order chi connectivity index (χ0) is 16.4. The normalized spacial score (nSPS) is 15.4. The van der Waals surface area contributed by atoms with Gasteiger partial charge in [0.2, 0.25) is 6.79 Å². The van der Waals surface area contributed by atoms with E-state index < -0.39 is 0 Å². The zero-order valence-electron chi connectivity index (χ0n) is 13.5. The Balaban J connectivity index is 1.34. The Kier molecular flexibility index (Phi) is 3.99. The fourth-order valence-electron chi connectivity index (χ4n) is 3.24. The SMILES string of the molecule is NC(=NCCc1ccc2c(c1)OCO2)Nc1ccc2c(c1)CCC2. The van der Waals surface area contributed by atoms with Crippen molar-refractivity contribution in [2.45, 2.75) is 25.7 Å². The molecule has 0 radical (unpaired) electrons. The van der Waals surface area contributed by atoms with E-state index in [1.54, 1.807) is 0 Å². The number of guanidine groups is 1. The number of benzene rings is 2. The van der Waals surface area contributed by atoms with Crippen LogP contribution in [-0.4, -0.2) is 19.3 Å². The first-order valence-corrected chi connectivity index (χ1v) is 8.35. The highest BCUT2D eigenvalue weighted by Crippen LogP contribution is 2.32. The topological polar surface area (TPSA) is 68.9 Å². The standard InChI is InChI=1S/C19H21N3O2/c20-19(22-16-6-5-14-2-1-3-15(14)11-16)21-9-8-13-4-7-17-18(10-13)24-12-23-17/h4-7,10-11H,1-3,8-9,12H2,(H3,20,21,22). The summed E-state index contributed by atoms with van der Waals surface area (Å²) in [5.41, 5.74) is 11.1. The predicted octanol–water partition coefficient (Wildman–Crippen LogP) is 2.87. The van der Waals surface area contributed by atoms with Gasteiger partial charge in [-0.3, -0.25) is 4.99 Å². The minimum Gasteiger partial charge on any atom is -0.454 e. The number of nitrogens with one attached hydrogen (secondary N) is 1. The number of hydrogen-bond acceptors (Lipinski definition) is 3. The molecule has 2 aromatic rings. The Labute approximate surface area is 141 Å². The van der Waals surface area contributed by atoms with Crippen LogP contribution in [0.1, 0.15) is 23.1 Å². The smallest absolute Gasteiger partial charge is 0.231 e. The lowest BCUT2D eigenvalue weighted by Crippen LogP contribution is -2.23. The van der Waals surface area contributed by atoms with E-state index in [-0.39, 0.29) is 0 Å². The Morgan fingerprint density at radius 1 is 1.04 bits per heavy atom. The molecule has 0 atom stereocenters. The molecule has 0 spiro atoms. The van der Waals surface area contributed by atoms with Crippen LogP contribution in [0.3, 0.4) is 0 Å². The van der Waals surface area contributed by atoms with Crippen LogP contribution in [-0.2, 0) is 19.3 Å². The average molecular weight is 323 g/mol. The van der Waals surface area contributed by atoms with Crippen LogP contribution in [0.4, 0.5) is 5.69 Å². The molecule has 5 nitrogen and oxygen atoms in total. The summed E-state index contributed by atoms with van der Waals surface area (Å²) in [7, 11) is 0. The Morgan fingerprint density at radius 2 is 1.92 bits per heavy atom. The van der Waals surface area contributed by atoms with Crippen LogP contribution in [0.15, 0.2) is 41.4 Å². The molecule has 0 fully saturated rings. The maximum atomic E-state index is 6.00. The maximum Gasteiger partial charge on any atom is 0.231 e. The number of aliphatic imine (C=N–C) groups is 1. The molecule has 1 aliphatic carbocycles. The first-order chi connectivity index (χ1) is 11.8. The van der Waals surface area contributed by atoms with Crippen molar-refractivity contribution in [3.05, 3.63) is 53.1 Å². The molecule has 1 aliphatic heterocycles. The second-order valence-electron chi connectivity index (χ2n) is 6.17. The van der Waals surface area contributed by atoms with Crippen LogP contribution in [0.25, 0.3) is 0 Å². The van der Waals surface area contributed by atoms with E-state index in [9.17, 15) is 0 Å². The number of hydrogen-bond donors (Lipinski definition) is 2. The number of anilines is 1. The van der Waals surface area contributed by atoms with Gasteiger partial charge in [0.1, 0.15) is 0 Å². The van der Waals surface area contributed by atoms with Gasteiger partial charge in [-0.15, -0.1) is 0 Å². The van der Waals surface area contributed by atoms with Gasteiger partial charge < -0.3 is 20.5 Å². The second-order valence-corrected chi connectivity index (χ2v) is 6.17.